The number of hydrogen-bond acceptors (Lipinski definition) is 0. The number of fused-ring (bicyclic) bond motifs is 2. The standard InChI is InChI=1S/C27H29/c1-26(2,3)25(27(4,5)6)22-16-15-21-20-14-10-9-13-19(20)17-23(21)24(22)18-11-7-8-12-18/h7-11,13-16H,12H2,1-6H3. The Kier molecular flexibility index (Phi) is 4.07. The lowest BCUT2D eigenvalue weighted by Gasteiger charge is -2.35. The molecule has 0 saturated carbocycles. The van der Waals surface area contributed by atoms with Gasteiger partial charge in [0.2, 0.25) is 0 Å². The quantitative estimate of drug-likeness (QED) is 0.536. The van der Waals surface area contributed by atoms with Crippen LogP contribution in [0.2, 0.25) is 0 Å². The van der Waals surface area contributed by atoms with Crippen LogP contribution in [0.1, 0.15) is 59.1 Å². The van der Waals surface area contributed by atoms with E-state index in [9.17, 15) is 0 Å². The van der Waals surface area contributed by atoms with E-state index in [1.165, 1.54) is 43.1 Å². The van der Waals surface area contributed by atoms with Crippen LogP contribution in [0.5, 0.6) is 0 Å². The van der Waals surface area contributed by atoms with Crippen LogP contribution in [0.3, 0.4) is 0 Å². The van der Waals surface area contributed by atoms with Crippen molar-refractivity contribution >= 4 is 17.2 Å². The molecule has 0 heterocycles. The molecule has 2 aromatic carbocycles. The first-order chi connectivity index (χ1) is 12.7. The van der Waals surface area contributed by atoms with E-state index in [0.717, 1.165) is 6.42 Å². The van der Waals surface area contributed by atoms with Gasteiger partial charge in [-0.25, -0.2) is 0 Å². The molecule has 0 nitrogen and oxygen atoms in total. The van der Waals surface area contributed by atoms with Crippen molar-refractivity contribution in [1.29, 1.82) is 0 Å². The highest BCUT2D eigenvalue weighted by molar-refractivity contribution is 5.81. The van der Waals surface area contributed by atoms with Gasteiger partial charge < -0.3 is 0 Å². The molecule has 0 aromatic heterocycles. The summed E-state index contributed by atoms with van der Waals surface area (Å²) >= 11 is 0. The third kappa shape index (κ3) is 3.02. The van der Waals surface area contributed by atoms with E-state index in [2.05, 4.69) is 102 Å². The molecule has 0 unspecified atom stereocenters. The van der Waals surface area contributed by atoms with Gasteiger partial charge in [-0.15, -0.1) is 0 Å². The van der Waals surface area contributed by atoms with Crippen molar-refractivity contribution in [3.63, 3.8) is 0 Å². The molecule has 1 radical (unpaired) electrons. The zero-order valence-corrected chi connectivity index (χ0v) is 17.4. The molecule has 0 atom stereocenters. The highest BCUT2D eigenvalue weighted by Gasteiger charge is 2.30. The lowest BCUT2D eigenvalue weighted by atomic mass is 9.70. The maximum atomic E-state index is 3.74. The van der Waals surface area contributed by atoms with Crippen molar-refractivity contribution in [1.82, 2.24) is 0 Å². The molecule has 0 spiro atoms. The second kappa shape index (κ2) is 6.09. The minimum Gasteiger partial charge on any atom is -0.0801 e. The molecule has 0 saturated heterocycles. The average Bonchev–Trinajstić information content (AvgIpc) is 3.19. The van der Waals surface area contributed by atoms with Crippen LogP contribution in [-0.4, -0.2) is 0 Å². The fourth-order valence-corrected chi connectivity index (χ4v) is 5.03. The highest BCUT2D eigenvalue weighted by Crippen LogP contribution is 2.41. The predicted octanol–water partition coefficient (Wildman–Crippen LogP) is 5.58. The van der Waals surface area contributed by atoms with Crippen LogP contribution in [0.4, 0.5) is 0 Å². The Labute approximate surface area is 163 Å². The summed E-state index contributed by atoms with van der Waals surface area (Å²) in [6, 6.07) is 13.3. The van der Waals surface area contributed by atoms with E-state index < -0.39 is 0 Å². The number of benzene rings is 2. The third-order valence-electron chi connectivity index (χ3n) is 5.54. The van der Waals surface area contributed by atoms with Gasteiger partial charge in [0.1, 0.15) is 0 Å². The van der Waals surface area contributed by atoms with Gasteiger partial charge in [-0.05, 0) is 60.9 Å². The van der Waals surface area contributed by atoms with E-state index in [1.807, 2.05) is 0 Å². The SMILES string of the molecule is CC(C)(C)C(=c1ccc2c(c1C1=CC=CC1)[C]=c1ccccc1=2)C(C)(C)C. The van der Waals surface area contributed by atoms with Gasteiger partial charge >= 0.3 is 0 Å². The minimum absolute atomic E-state index is 0.0965. The molecule has 0 N–H and O–H groups in total. The summed E-state index contributed by atoms with van der Waals surface area (Å²) in [5.74, 6) is 0. The maximum absolute atomic E-state index is 3.74. The van der Waals surface area contributed by atoms with Crippen LogP contribution < -0.4 is 10.4 Å². The summed E-state index contributed by atoms with van der Waals surface area (Å²) < 4.78 is 0. The fraction of sp³-hybridized carbons (Fsp3) is 0.333. The Bertz CT molecular complexity index is 1170. The zero-order chi connectivity index (χ0) is 19.4. The summed E-state index contributed by atoms with van der Waals surface area (Å²) in [7, 11) is 0. The van der Waals surface area contributed by atoms with Gasteiger partial charge in [-0.2, -0.15) is 0 Å². The van der Waals surface area contributed by atoms with Gasteiger partial charge in [0, 0.05) is 0 Å². The molecule has 4 rings (SSSR count). The smallest absolute Gasteiger partial charge is 0.000731 e. The maximum Gasteiger partial charge on any atom is -0.000731 e. The van der Waals surface area contributed by atoms with Crippen LogP contribution >= 0.6 is 0 Å². The number of hydrogen-bond donors (Lipinski definition) is 0. The number of allylic oxidation sites excluding steroid dienone is 4. The summed E-state index contributed by atoms with van der Waals surface area (Å²) in [4.78, 5) is 0. The molecule has 0 amide bonds. The van der Waals surface area contributed by atoms with E-state index >= 15 is 0 Å². The van der Waals surface area contributed by atoms with Gasteiger partial charge in [-0.1, -0.05) is 102 Å². The number of rotatable bonds is 1. The van der Waals surface area contributed by atoms with Gasteiger partial charge in [0.25, 0.3) is 0 Å². The second-order valence-electron chi connectivity index (χ2n) is 9.78. The highest BCUT2D eigenvalue weighted by atomic mass is 14.3. The van der Waals surface area contributed by atoms with Crippen molar-refractivity contribution in [3.05, 3.63) is 86.6 Å². The fourth-order valence-electron chi connectivity index (χ4n) is 5.03. The Morgan fingerprint density at radius 2 is 1.56 bits per heavy atom. The summed E-state index contributed by atoms with van der Waals surface area (Å²) in [5.41, 5.74) is 5.77. The largest absolute Gasteiger partial charge is 0.0801 e. The molecule has 2 aromatic rings. The molecule has 0 bridgehead atoms. The van der Waals surface area contributed by atoms with E-state index in [4.69, 9.17) is 0 Å². The van der Waals surface area contributed by atoms with Crippen molar-refractivity contribution in [2.75, 3.05) is 0 Å². The molecular formula is C27H29. The van der Waals surface area contributed by atoms with Crippen molar-refractivity contribution in [3.8, 4) is 0 Å². The van der Waals surface area contributed by atoms with Gasteiger partial charge in [-0.3, -0.25) is 0 Å². The molecule has 2 aliphatic carbocycles. The topological polar surface area (TPSA) is 0 Å². The monoisotopic (exact) mass is 353 g/mol. The Hall–Kier alpha value is -2.34. The molecule has 0 fully saturated rings. The van der Waals surface area contributed by atoms with Gasteiger partial charge in [0.05, 0.1) is 0 Å². The molecule has 2 aliphatic rings. The van der Waals surface area contributed by atoms with Crippen LogP contribution in [0, 0.1) is 21.3 Å². The van der Waals surface area contributed by atoms with Crippen molar-refractivity contribution < 1.29 is 0 Å². The van der Waals surface area contributed by atoms with E-state index in [-0.39, 0.29) is 10.8 Å². The molecule has 0 aliphatic heterocycles. The van der Waals surface area contributed by atoms with Crippen LogP contribution in [-0.2, 0) is 0 Å². The third-order valence-corrected chi connectivity index (χ3v) is 5.54. The first-order valence-electron chi connectivity index (χ1n) is 9.96. The Morgan fingerprint density at radius 1 is 0.852 bits per heavy atom. The van der Waals surface area contributed by atoms with Crippen LogP contribution in [0.25, 0.3) is 17.2 Å². The lowest BCUT2D eigenvalue weighted by molar-refractivity contribution is 0.436. The van der Waals surface area contributed by atoms with E-state index in [1.54, 1.807) is 0 Å². The van der Waals surface area contributed by atoms with E-state index in [0.29, 0.717) is 0 Å². The molecular weight excluding hydrogens is 324 g/mol. The van der Waals surface area contributed by atoms with Crippen LogP contribution in [0.15, 0.2) is 54.6 Å². The zero-order valence-electron chi connectivity index (χ0n) is 17.4. The summed E-state index contributed by atoms with van der Waals surface area (Å²) in [5, 5.41) is 5.23. The normalized spacial score (nSPS) is 15.3. The molecule has 137 valence electrons. The summed E-state index contributed by atoms with van der Waals surface area (Å²) in [6.45, 7) is 14.0. The first-order valence-corrected chi connectivity index (χ1v) is 9.96. The first kappa shape index (κ1) is 18.0. The molecule has 27 heavy (non-hydrogen) atoms. The summed E-state index contributed by atoms with van der Waals surface area (Å²) in [6.07, 6.45) is 11.5. The van der Waals surface area contributed by atoms with Crippen molar-refractivity contribution in [2.24, 2.45) is 10.8 Å². The van der Waals surface area contributed by atoms with Crippen molar-refractivity contribution in [2.45, 2.75) is 48.0 Å². The van der Waals surface area contributed by atoms with Gasteiger partial charge in [0.15, 0.2) is 0 Å². The second-order valence-corrected chi connectivity index (χ2v) is 9.78. The molecule has 0 heteroatoms. The Morgan fingerprint density at radius 3 is 2.19 bits per heavy atom. The Balaban J connectivity index is 2.23. The average molecular weight is 354 g/mol. The predicted molar refractivity (Wildman–Crippen MR) is 116 cm³/mol. The minimum atomic E-state index is 0.0965. The lowest BCUT2D eigenvalue weighted by Crippen LogP contribution is -2.30.